The monoisotopic (exact) mass is 349 g/mol. The molecule has 0 spiro atoms. The van der Waals surface area contributed by atoms with Gasteiger partial charge in [0.2, 0.25) is 0 Å². The van der Waals surface area contributed by atoms with E-state index in [0.29, 0.717) is 0 Å². The second-order valence-corrected chi connectivity index (χ2v) is 5.46. The molecule has 0 saturated carbocycles. The Morgan fingerprint density at radius 3 is 3.05 bits per heavy atom. The number of urea groups is 1. The number of alkyl halides is 2. The molecular formula is C12H14BrF2N3O2. The first-order valence-electron chi connectivity index (χ1n) is 5.96. The average Bonchev–Trinajstić information content (AvgIpc) is 2.71. The number of aromatic nitrogens is 1. The fourth-order valence-corrected chi connectivity index (χ4v) is 2.18. The van der Waals surface area contributed by atoms with Crippen molar-refractivity contribution < 1.29 is 18.3 Å². The molecule has 1 fully saturated rings. The van der Waals surface area contributed by atoms with Gasteiger partial charge in [-0.25, -0.2) is 13.6 Å². The van der Waals surface area contributed by atoms with Crippen molar-refractivity contribution >= 4 is 22.0 Å². The molecular weight excluding hydrogens is 336 g/mol. The van der Waals surface area contributed by atoms with Crippen molar-refractivity contribution in [3.05, 3.63) is 28.5 Å². The molecule has 0 bridgehead atoms. The van der Waals surface area contributed by atoms with Crippen LogP contribution in [0.15, 0.2) is 22.9 Å². The molecule has 1 aliphatic rings. The molecule has 20 heavy (non-hydrogen) atoms. The molecule has 1 aromatic heterocycles. The zero-order valence-corrected chi connectivity index (χ0v) is 12.4. The molecule has 0 aromatic carbocycles. The summed E-state index contributed by atoms with van der Waals surface area (Å²) in [5.41, 5.74) is 0.840. The summed E-state index contributed by atoms with van der Waals surface area (Å²) in [6.45, 7) is -0.544. The van der Waals surface area contributed by atoms with E-state index in [1.54, 1.807) is 18.5 Å². The Labute approximate surface area is 123 Å². The molecule has 2 rings (SSSR count). The molecule has 2 heterocycles. The molecule has 1 aromatic rings. The van der Waals surface area contributed by atoms with Crippen LogP contribution in [0.1, 0.15) is 5.56 Å². The summed E-state index contributed by atoms with van der Waals surface area (Å²) in [5, 5.41) is 2.29. The minimum absolute atomic E-state index is 0.175. The smallest absolute Gasteiger partial charge is 0.317 e. The van der Waals surface area contributed by atoms with Crippen molar-refractivity contribution in [1.82, 2.24) is 15.2 Å². The van der Waals surface area contributed by atoms with Gasteiger partial charge in [-0.2, -0.15) is 0 Å². The van der Waals surface area contributed by atoms with Crippen molar-refractivity contribution in [3.8, 4) is 0 Å². The van der Waals surface area contributed by atoms with Gasteiger partial charge in [-0.05, 0) is 27.6 Å². The largest absolute Gasteiger partial charge is 0.373 e. The molecule has 5 nitrogen and oxygen atoms in total. The Bertz CT molecular complexity index is 501. The van der Waals surface area contributed by atoms with E-state index >= 15 is 0 Å². The number of ether oxygens (including phenoxy) is 1. The Morgan fingerprint density at radius 2 is 2.45 bits per heavy atom. The predicted molar refractivity (Wildman–Crippen MR) is 71.5 cm³/mol. The summed E-state index contributed by atoms with van der Waals surface area (Å²) in [4.78, 5) is 17.1. The van der Waals surface area contributed by atoms with E-state index < -0.39 is 24.6 Å². The molecule has 0 radical (unpaired) electrons. The van der Waals surface area contributed by atoms with Crippen LogP contribution >= 0.6 is 15.9 Å². The maximum Gasteiger partial charge on any atom is 0.317 e. The van der Waals surface area contributed by atoms with Gasteiger partial charge < -0.3 is 15.0 Å². The summed E-state index contributed by atoms with van der Waals surface area (Å²) < 4.78 is 32.1. The number of halogens is 3. The number of carbonyl (C=O) groups is 1. The molecule has 1 atom stereocenters. The molecule has 1 saturated heterocycles. The fourth-order valence-electron chi connectivity index (χ4n) is 1.80. The number of hydrogen-bond donors (Lipinski definition) is 1. The summed E-state index contributed by atoms with van der Waals surface area (Å²) >= 11 is 3.32. The zero-order valence-electron chi connectivity index (χ0n) is 10.8. The van der Waals surface area contributed by atoms with E-state index in [1.165, 1.54) is 11.9 Å². The number of amides is 2. The van der Waals surface area contributed by atoms with Crippen molar-refractivity contribution in [2.75, 3.05) is 20.3 Å². The first kappa shape index (κ1) is 15.1. The third-order valence-corrected chi connectivity index (χ3v) is 3.71. The number of hydrogen-bond acceptors (Lipinski definition) is 3. The highest BCUT2D eigenvalue weighted by Crippen LogP contribution is 2.25. The topological polar surface area (TPSA) is 54.5 Å². The minimum Gasteiger partial charge on any atom is -0.373 e. The first-order valence-corrected chi connectivity index (χ1v) is 6.75. The number of nitrogens with zero attached hydrogens (tertiary/aromatic N) is 2. The molecule has 1 N–H and O–H groups in total. The lowest BCUT2D eigenvalue weighted by Crippen LogP contribution is -2.50. The second kappa shape index (κ2) is 6.01. The lowest BCUT2D eigenvalue weighted by molar-refractivity contribution is -0.0222. The van der Waals surface area contributed by atoms with Crippen LogP contribution in [-0.2, 0) is 11.3 Å². The lowest BCUT2D eigenvalue weighted by Gasteiger charge is -2.23. The van der Waals surface area contributed by atoms with E-state index in [1.807, 2.05) is 0 Å². The molecule has 0 unspecified atom stereocenters. The van der Waals surface area contributed by atoms with E-state index in [-0.39, 0.29) is 13.2 Å². The third kappa shape index (κ3) is 3.43. The standard InChI is InChI=1S/C12H14BrF2N3O2/c1-18(5-8-2-3-16-4-9(8)13)11(19)17-10-6-20-7-12(10,14)15/h2-4,10H,5-7H2,1H3,(H,17,19)/t10-/m0/s1. The van der Waals surface area contributed by atoms with Crippen molar-refractivity contribution in [2.24, 2.45) is 0 Å². The van der Waals surface area contributed by atoms with Crippen LogP contribution in [0, 0.1) is 0 Å². The maximum absolute atomic E-state index is 13.3. The van der Waals surface area contributed by atoms with E-state index in [0.717, 1.165) is 10.0 Å². The molecule has 1 aliphatic heterocycles. The predicted octanol–water partition coefficient (Wildman–Crippen LogP) is 2.02. The number of rotatable bonds is 3. The van der Waals surface area contributed by atoms with Gasteiger partial charge in [0.25, 0.3) is 5.92 Å². The van der Waals surface area contributed by atoms with E-state index in [9.17, 15) is 13.6 Å². The zero-order chi connectivity index (χ0) is 14.8. The quantitative estimate of drug-likeness (QED) is 0.908. The van der Waals surface area contributed by atoms with E-state index in [2.05, 4.69) is 26.2 Å². The van der Waals surface area contributed by atoms with Crippen molar-refractivity contribution in [1.29, 1.82) is 0 Å². The molecule has 0 aliphatic carbocycles. The van der Waals surface area contributed by atoms with Gasteiger partial charge in [0, 0.05) is 30.5 Å². The number of carbonyl (C=O) groups excluding carboxylic acids is 1. The summed E-state index contributed by atoms with van der Waals surface area (Å²) in [6.07, 6.45) is 3.21. The van der Waals surface area contributed by atoms with Crippen molar-refractivity contribution in [2.45, 2.75) is 18.5 Å². The van der Waals surface area contributed by atoms with Crippen LogP contribution in [0.4, 0.5) is 13.6 Å². The SMILES string of the molecule is CN(Cc1ccncc1Br)C(=O)N[C@H]1COCC1(F)F. The number of pyridine rings is 1. The lowest BCUT2D eigenvalue weighted by atomic mass is 10.2. The molecule has 110 valence electrons. The van der Waals surface area contributed by atoms with E-state index in [4.69, 9.17) is 4.74 Å². The molecule has 2 amide bonds. The van der Waals surface area contributed by atoms with Gasteiger partial charge in [-0.3, -0.25) is 4.98 Å². The summed E-state index contributed by atoms with van der Waals surface area (Å²) in [5.74, 6) is -3.02. The van der Waals surface area contributed by atoms with Gasteiger partial charge in [0.05, 0.1) is 6.61 Å². The Morgan fingerprint density at radius 1 is 1.70 bits per heavy atom. The van der Waals surface area contributed by atoms with Gasteiger partial charge in [-0.1, -0.05) is 0 Å². The highest BCUT2D eigenvalue weighted by Gasteiger charge is 2.46. The Hall–Kier alpha value is -1.28. The van der Waals surface area contributed by atoms with Crippen LogP contribution in [-0.4, -0.2) is 48.1 Å². The van der Waals surface area contributed by atoms with Crippen LogP contribution in [0.25, 0.3) is 0 Å². The third-order valence-electron chi connectivity index (χ3n) is 3.00. The average molecular weight is 350 g/mol. The van der Waals surface area contributed by atoms with Crippen LogP contribution in [0.5, 0.6) is 0 Å². The fraction of sp³-hybridized carbons (Fsp3) is 0.500. The first-order chi connectivity index (χ1) is 9.40. The van der Waals surface area contributed by atoms with Crippen LogP contribution in [0.3, 0.4) is 0 Å². The van der Waals surface area contributed by atoms with Gasteiger partial charge in [0.1, 0.15) is 12.6 Å². The summed E-state index contributed by atoms with van der Waals surface area (Å²) in [6, 6.07) is -0.0940. The van der Waals surface area contributed by atoms with Crippen molar-refractivity contribution in [3.63, 3.8) is 0 Å². The van der Waals surface area contributed by atoms with Gasteiger partial charge >= 0.3 is 6.03 Å². The number of nitrogens with one attached hydrogen (secondary N) is 1. The maximum atomic E-state index is 13.3. The van der Waals surface area contributed by atoms with Crippen LogP contribution in [0.2, 0.25) is 0 Å². The highest BCUT2D eigenvalue weighted by molar-refractivity contribution is 9.10. The van der Waals surface area contributed by atoms with Gasteiger partial charge in [-0.15, -0.1) is 0 Å². The normalized spacial score (nSPS) is 20.7. The second-order valence-electron chi connectivity index (χ2n) is 4.60. The summed E-state index contributed by atoms with van der Waals surface area (Å²) in [7, 11) is 1.54. The van der Waals surface area contributed by atoms with Crippen LogP contribution < -0.4 is 5.32 Å². The highest BCUT2D eigenvalue weighted by atomic mass is 79.9. The van der Waals surface area contributed by atoms with Gasteiger partial charge in [0.15, 0.2) is 0 Å². The molecule has 8 heteroatoms. The Kier molecular flexibility index (Phi) is 4.54. The Balaban J connectivity index is 1.94. The minimum atomic E-state index is -3.02.